The smallest absolute Gasteiger partial charge is 0.223 e. The minimum atomic E-state index is -0.414. The molecule has 2 aliphatic rings. The monoisotopic (exact) mass is 317 g/mol. The van der Waals surface area contributed by atoms with Crippen LogP contribution < -0.4 is 0 Å². The number of benzene rings is 1. The molecule has 2 heterocycles. The molecule has 1 amide bonds. The molecule has 23 heavy (non-hydrogen) atoms. The van der Waals surface area contributed by atoms with Gasteiger partial charge in [0.1, 0.15) is 0 Å². The van der Waals surface area contributed by atoms with Gasteiger partial charge in [0.15, 0.2) is 0 Å². The van der Waals surface area contributed by atoms with Crippen molar-refractivity contribution in [1.82, 2.24) is 4.90 Å². The first kappa shape index (κ1) is 16.5. The molecular weight excluding hydrogens is 290 g/mol. The molecule has 2 atom stereocenters. The molecule has 4 heteroatoms. The fourth-order valence-electron chi connectivity index (χ4n) is 3.76. The zero-order valence-electron chi connectivity index (χ0n) is 13.7. The second-order valence-corrected chi connectivity index (χ2v) is 6.81. The number of hydrogen-bond donors (Lipinski definition) is 1. The van der Waals surface area contributed by atoms with Crippen LogP contribution in [0.15, 0.2) is 30.3 Å². The van der Waals surface area contributed by atoms with Gasteiger partial charge in [-0.25, -0.2) is 0 Å². The van der Waals surface area contributed by atoms with E-state index in [0.717, 1.165) is 51.9 Å². The Morgan fingerprint density at radius 2 is 1.91 bits per heavy atom. The van der Waals surface area contributed by atoms with Crippen LogP contribution in [0.25, 0.3) is 0 Å². The first-order valence-electron chi connectivity index (χ1n) is 8.83. The van der Waals surface area contributed by atoms with Gasteiger partial charge in [-0.2, -0.15) is 0 Å². The first-order chi connectivity index (χ1) is 11.2. The average molecular weight is 317 g/mol. The van der Waals surface area contributed by atoms with Gasteiger partial charge in [0.25, 0.3) is 0 Å². The molecule has 3 rings (SSSR count). The van der Waals surface area contributed by atoms with Gasteiger partial charge in [0.2, 0.25) is 5.91 Å². The lowest BCUT2D eigenvalue weighted by Crippen LogP contribution is -2.52. The summed E-state index contributed by atoms with van der Waals surface area (Å²) in [5.74, 6) is 0.643. The molecule has 4 nitrogen and oxygen atoms in total. The zero-order chi connectivity index (χ0) is 16.1. The number of rotatable bonds is 4. The van der Waals surface area contributed by atoms with E-state index in [1.165, 1.54) is 5.56 Å². The number of carbonyl (C=O) groups excluding carboxylic acids is 1. The summed E-state index contributed by atoms with van der Waals surface area (Å²) in [6.45, 7) is 2.32. The van der Waals surface area contributed by atoms with Crippen molar-refractivity contribution in [3.63, 3.8) is 0 Å². The second kappa shape index (κ2) is 7.93. The van der Waals surface area contributed by atoms with E-state index in [9.17, 15) is 9.90 Å². The summed E-state index contributed by atoms with van der Waals surface area (Å²) in [6, 6.07) is 10.1. The largest absolute Gasteiger partial charge is 0.391 e. The Kier molecular flexibility index (Phi) is 5.68. The van der Waals surface area contributed by atoms with Crippen molar-refractivity contribution in [2.75, 3.05) is 19.8 Å². The van der Waals surface area contributed by atoms with Crippen molar-refractivity contribution in [3.8, 4) is 0 Å². The number of aliphatic hydroxyl groups excluding tert-OH is 1. The molecule has 0 radical (unpaired) electrons. The number of ether oxygens (including phenoxy) is 1. The van der Waals surface area contributed by atoms with Gasteiger partial charge in [0, 0.05) is 26.2 Å². The quantitative estimate of drug-likeness (QED) is 0.928. The molecule has 126 valence electrons. The average Bonchev–Trinajstić information content (AvgIpc) is 2.58. The van der Waals surface area contributed by atoms with Crippen LogP contribution in [0, 0.1) is 5.92 Å². The Balaban J connectivity index is 1.65. The first-order valence-corrected chi connectivity index (χ1v) is 8.83. The second-order valence-electron chi connectivity index (χ2n) is 6.81. The highest BCUT2D eigenvalue weighted by Gasteiger charge is 2.34. The highest BCUT2D eigenvalue weighted by Crippen LogP contribution is 2.25. The number of aliphatic hydroxyl groups is 1. The summed E-state index contributed by atoms with van der Waals surface area (Å²) in [5, 5.41) is 10.4. The highest BCUT2D eigenvalue weighted by molar-refractivity contribution is 5.77. The van der Waals surface area contributed by atoms with Crippen molar-refractivity contribution in [3.05, 3.63) is 35.9 Å². The SMILES string of the molecule is O=C(CC1CCOCC1)N1CCC[C@H](O)[C@@H]1Cc1ccccc1. The third-order valence-electron chi connectivity index (χ3n) is 5.16. The minimum Gasteiger partial charge on any atom is -0.391 e. The fraction of sp³-hybridized carbons (Fsp3) is 0.632. The minimum absolute atomic E-state index is 0.0847. The van der Waals surface area contributed by atoms with Crippen LogP contribution in [0.5, 0.6) is 0 Å². The van der Waals surface area contributed by atoms with Crippen molar-refractivity contribution in [1.29, 1.82) is 0 Å². The van der Waals surface area contributed by atoms with Gasteiger partial charge in [-0.15, -0.1) is 0 Å². The molecule has 1 aromatic rings. The number of hydrogen-bond acceptors (Lipinski definition) is 3. The molecule has 0 unspecified atom stereocenters. The molecule has 0 saturated carbocycles. The molecule has 2 saturated heterocycles. The van der Waals surface area contributed by atoms with Crippen LogP contribution in [0.2, 0.25) is 0 Å². The highest BCUT2D eigenvalue weighted by atomic mass is 16.5. The Bertz CT molecular complexity index is 499. The van der Waals surface area contributed by atoms with E-state index in [0.29, 0.717) is 12.3 Å². The summed E-state index contributed by atoms with van der Waals surface area (Å²) >= 11 is 0. The maximum atomic E-state index is 12.8. The number of carbonyl (C=O) groups is 1. The normalized spacial score (nSPS) is 26.2. The van der Waals surface area contributed by atoms with E-state index in [-0.39, 0.29) is 11.9 Å². The Morgan fingerprint density at radius 3 is 2.65 bits per heavy atom. The standard InChI is InChI=1S/C19H27NO3/c21-18-7-4-10-20(17(18)13-15-5-2-1-3-6-15)19(22)14-16-8-11-23-12-9-16/h1-3,5-6,16-18,21H,4,7-14H2/t17-,18-/m0/s1. The maximum Gasteiger partial charge on any atom is 0.223 e. The van der Waals surface area contributed by atoms with Crippen LogP contribution in [0.1, 0.15) is 37.7 Å². The van der Waals surface area contributed by atoms with E-state index in [2.05, 4.69) is 12.1 Å². The molecule has 1 aromatic carbocycles. The molecule has 0 aliphatic carbocycles. The number of likely N-dealkylation sites (tertiary alicyclic amines) is 1. The molecule has 0 spiro atoms. The number of piperidine rings is 1. The summed E-state index contributed by atoms with van der Waals surface area (Å²) in [6.07, 6.45) is 4.56. The number of amides is 1. The van der Waals surface area contributed by atoms with E-state index >= 15 is 0 Å². The predicted molar refractivity (Wildman–Crippen MR) is 89.0 cm³/mol. The van der Waals surface area contributed by atoms with Gasteiger partial charge in [-0.05, 0) is 43.6 Å². The van der Waals surface area contributed by atoms with Gasteiger partial charge in [-0.3, -0.25) is 4.79 Å². The van der Waals surface area contributed by atoms with Crippen LogP contribution >= 0.6 is 0 Å². The Morgan fingerprint density at radius 1 is 1.17 bits per heavy atom. The molecule has 2 aliphatic heterocycles. The van der Waals surface area contributed by atoms with Crippen LogP contribution in [0.4, 0.5) is 0 Å². The summed E-state index contributed by atoms with van der Waals surface area (Å²) in [4.78, 5) is 14.7. The topological polar surface area (TPSA) is 49.8 Å². The third kappa shape index (κ3) is 4.33. The third-order valence-corrected chi connectivity index (χ3v) is 5.16. The van der Waals surface area contributed by atoms with Gasteiger partial charge >= 0.3 is 0 Å². The van der Waals surface area contributed by atoms with E-state index in [4.69, 9.17) is 4.74 Å². The lowest BCUT2D eigenvalue weighted by atomic mass is 9.90. The van der Waals surface area contributed by atoms with Crippen molar-refractivity contribution >= 4 is 5.91 Å². The van der Waals surface area contributed by atoms with Crippen LogP contribution in [-0.4, -0.2) is 47.8 Å². The maximum absolute atomic E-state index is 12.8. The lowest BCUT2D eigenvalue weighted by molar-refractivity contribution is -0.140. The van der Waals surface area contributed by atoms with E-state index in [1.807, 2.05) is 23.1 Å². The predicted octanol–water partition coefficient (Wildman–Crippen LogP) is 2.40. The van der Waals surface area contributed by atoms with Crippen molar-refractivity contribution in [2.24, 2.45) is 5.92 Å². The summed E-state index contributed by atoms with van der Waals surface area (Å²) < 4.78 is 5.38. The molecular formula is C19H27NO3. The van der Waals surface area contributed by atoms with E-state index in [1.54, 1.807) is 0 Å². The summed E-state index contributed by atoms with van der Waals surface area (Å²) in [5.41, 5.74) is 1.18. The lowest BCUT2D eigenvalue weighted by Gasteiger charge is -2.40. The zero-order valence-corrected chi connectivity index (χ0v) is 13.7. The van der Waals surface area contributed by atoms with E-state index < -0.39 is 6.10 Å². The van der Waals surface area contributed by atoms with Gasteiger partial charge in [0.05, 0.1) is 12.1 Å². The Hall–Kier alpha value is -1.39. The van der Waals surface area contributed by atoms with Crippen molar-refractivity contribution in [2.45, 2.75) is 50.7 Å². The number of nitrogens with zero attached hydrogens (tertiary/aromatic N) is 1. The van der Waals surface area contributed by atoms with Gasteiger partial charge < -0.3 is 14.7 Å². The fourth-order valence-corrected chi connectivity index (χ4v) is 3.76. The van der Waals surface area contributed by atoms with Crippen LogP contribution in [-0.2, 0) is 16.0 Å². The Labute approximate surface area is 138 Å². The molecule has 0 bridgehead atoms. The summed E-state index contributed by atoms with van der Waals surface area (Å²) in [7, 11) is 0. The molecule has 2 fully saturated rings. The molecule has 1 N–H and O–H groups in total. The van der Waals surface area contributed by atoms with Gasteiger partial charge in [-0.1, -0.05) is 30.3 Å². The van der Waals surface area contributed by atoms with Crippen LogP contribution in [0.3, 0.4) is 0 Å². The molecule has 0 aromatic heterocycles. The van der Waals surface area contributed by atoms with Crippen molar-refractivity contribution < 1.29 is 14.6 Å².